The van der Waals surface area contributed by atoms with E-state index in [-0.39, 0.29) is 0 Å². The molecule has 0 radical (unpaired) electrons. The maximum absolute atomic E-state index is 15.1. The van der Waals surface area contributed by atoms with Crippen LogP contribution in [0.25, 0.3) is 11.3 Å². The summed E-state index contributed by atoms with van der Waals surface area (Å²) in [5.74, 6) is 0. The third-order valence-electron chi connectivity index (χ3n) is 6.25. The molecule has 31 heavy (non-hydrogen) atoms. The molecule has 1 aromatic heterocycles. The molecule has 3 aromatic carbocycles. The van der Waals surface area contributed by atoms with Gasteiger partial charge in [-0.1, -0.05) is 72.8 Å². The number of rotatable bonds is 4. The van der Waals surface area contributed by atoms with Gasteiger partial charge >= 0.3 is 0 Å². The summed E-state index contributed by atoms with van der Waals surface area (Å²) in [6, 6.07) is 28.6. The van der Waals surface area contributed by atoms with Crippen molar-refractivity contribution in [2.45, 2.75) is 32.6 Å². The van der Waals surface area contributed by atoms with Crippen molar-refractivity contribution in [2.75, 3.05) is 0 Å². The van der Waals surface area contributed by atoms with Gasteiger partial charge in [-0.15, -0.1) is 0 Å². The Morgan fingerprint density at radius 3 is 2.35 bits per heavy atom. The second-order valence-electron chi connectivity index (χ2n) is 8.34. The summed E-state index contributed by atoms with van der Waals surface area (Å²) in [4.78, 5) is 4.60. The fourth-order valence-electron chi connectivity index (χ4n) is 4.62. The van der Waals surface area contributed by atoms with Crippen molar-refractivity contribution in [3.05, 3.63) is 108 Å². The molecule has 1 aliphatic carbocycles. The number of nitrogens with zero attached hydrogens (tertiary/aromatic N) is 1. The Balaban J connectivity index is 1.73. The minimum atomic E-state index is -3.02. The van der Waals surface area contributed by atoms with E-state index >= 15 is 4.57 Å². The molecule has 1 aliphatic rings. The monoisotopic (exact) mass is 423 g/mol. The first-order valence-corrected chi connectivity index (χ1v) is 12.7. The van der Waals surface area contributed by atoms with Crippen LogP contribution in [-0.4, -0.2) is 4.98 Å². The van der Waals surface area contributed by atoms with Crippen molar-refractivity contribution in [1.29, 1.82) is 0 Å². The first-order valence-electron chi connectivity index (χ1n) is 11.0. The van der Waals surface area contributed by atoms with Crippen molar-refractivity contribution < 1.29 is 4.57 Å². The molecule has 0 saturated heterocycles. The third kappa shape index (κ3) is 3.66. The zero-order chi connectivity index (χ0) is 21.3. The van der Waals surface area contributed by atoms with Crippen LogP contribution in [0.5, 0.6) is 0 Å². The molecular formula is C28H26NOP. The second-order valence-corrected chi connectivity index (χ2v) is 11.1. The van der Waals surface area contributed by atoms with Crippen LogP contribution in [0.15, 0.2) is 91.1 Å². The first-order chi connectivity index (χ1) is 15.2. The predicted octanol–water partition coefficient (Wildman–Crippen LogP) is 5.58. The van der Waals surface area contributed by atoms with Crippen LogP contribution in [-0.2, 0) is 17.4 Å². The van der Waals surface area contributed by atoms with Crippen LogP contribution in [0, 0.1) is 6.92 Å². The smallest absolute Gasteiger partial charge is 0.171 e. The highest BCUT2D eigenvalue weighted by molar-refractivity contribution is 7.85. The summed E-state index contributed by atoms with van der Waals surface area (Å²) in [6.07, 6.45) is 6.33. The minimum absolute atomic E-state index is 0.873. The zero-order valence-electron chi connectivity index (χ0n) is 17.8. The van der Waals surface area contributed by atoms with E-state index in [9.17, 15) is 0 Å². The van der Waals surface area contributed by atoms with E-state index < -0.39 is 7.14 Å². The van der Waals surface area contributed by atoms with Gasteiger partial charge < -0.3 is 4.57 Å². The van der Waals surface area contributed by atoms with Gasteiger partial charge in [-0.25, -0.2) is 0 Å². The summed E-state index contributed by atoms with van der Waals surface area (Å²) in [5, 5.41) is 2.77. The normalized spacial score (nSPS) is 15.1. The molecule has 3 heteroatoms. The van der Waals surface area contributed by atoms with Gasteiger partial charge in [0.05, 0.1) is 5.69 Å². The van der Waals surface area contributed by atoms with Crippen LogP contribution in [0.4, 0.5) is 0 Å². The summed E-state index contributed by atoms with van der Waals surface area (Å²) in [7, 11) is -3.02. The summed E-state index contributed by atoms with van der Waals surface area (Å²) in [5.41, 5.74) is 5.68. The molecule has 1 atom stereocenters. The van der Waals surface area contributed by atoms with Gasteiger partial charge in [0.1, 0.15) is 0 Å². The Morgan fingerprint density at radius 1 is 0.774 bits per heavy atom. The number of hydrogen-bond acceptors (Lipinski definition) is 2. The zero-order valence-corrected chi connectivity index (χ0v) is 18.7. The van der Waals surface area contributed by atoms with Crippen LogP contribution in [0.1, 0.15) is 29.5 Å². The topological polar surface area (TPSA) is 30.0 Å². The molecule has 0 spiro atoms. The maximum atomic E-state index is 15.1. The average molecular weight is 423 g/mol. The lowest BCUT2D eigenvalue weighted by Crippen LogP contribution is -2.29. The molecule has 5 rings (SSSR count). The molecule has 154 valence electrons. The highest BCUT2D eigenvalue weighted by atomic mass is 31.2. The fourth-order valence-corrected chi connectivity index (χ4v) is 7.62. The molecule has 0 N–H and O–H groups in total. The molecule has 4 aromatic rings. The van der Waals surface area contributed by atoms with Crippen molar-refractivity contribution in [3.63, 3.8) is 0 Å². The number of hydrogen-bond donors (Lipinski definition) is 0. The number of aromatic nitrogens is 1. The van der Waals surface area contributed by atoms with Gasteiger partial charge in [0.25, 0.3) is 0 Å². The van der Waals surface area contributed by atoms with Gasteiger partial charge in [0.15, 0.2) is 7.14 Å². The quantitative estimate of drug-likeness (QED) is 0.402. The molecule has 1 heterocycles. The number of pyridine rings is 1. The lowest BCUT2D eigenvalue weighted by Gasteiger charge is -2.26. The summed E-state index contributed by atoms with van der Waals surface area (Å²) in [6.45, 7) is 2.04. The highest BCUT2D eigenvalue weighted by Gasteiger charge is 2.33. The van der Waals surface area contributed by atoms with Gasteiger partial charge in [0, 0.05) is 27.7 Å². The molecule has 0 bridgehead atoms. The third-order valence-corrected chi connectivity index (χ3v) is 9.38. The maximum Gasteiger partial charge on any atom is 0.171 e. The standard InChI is InChI=1S/C28H26NOP/c1-21-17-18-27(29-20-21)23-11-7-14-25(19-23)31(30,24-12-3-2-4-13-24)28-16-8-10-22-9-5-6-15-26(22)28/h2-4,7-8,10-14,16-20H,5-6,9,15H2,1H3. The summed E-state index contributed by atoms with van der Waals surface area (Å²) < 4.78 is 15.1. The second kappa shape index (κ2) is 8.29. The number of benzene rings is 3. The van der Waals surface area contributed by atoms with Crippen LogP contribution >= 0.6 is 7.14 Å². The van der Waals surface area contributed by atoms with E-state index in [0.29, 0.717) is 0 Å². The Morgan fingerprint density at radius 2 is 1.55 bits per heavy atom. The van der Waals surface area contributed by atoms with Crippen molar-refractivity contribution in [3.8, 4) is 11.3 Å². The van der Waals surface area contributed by atoms with Crippen LogP contribution < -0.4 is 15.9 Å². The predicted molar refractivity (Wildman–Crippen MR) is 130 cm³/mol. The Labute approximate surface area is 184 Å². The molecule has 0 amide bonds. The lowest BCUT2D eigenvalue weighted by atomic mass is 9.92. The van der Waals surface area contributed by atoms with Crippen LogP contribution in [0.2, 0.25) is 0 Å². The van der Waals surface area contributed by atoms with Crippen LogP contribution in [0.3, 0.4) is 0 Å². The van der Waals surface area contributed by atoms with Gasteiger partial charge in [-0.3, -0.25) is 4.98 Å². The fraction of sp³-hybridized carbons (Fsp3) is 0.179. The van der Waals surface area contributed by atoms with E-state index in [1.54, 1.807) is 0 Å². The molecule has 0 saturated carbocycles. The SMILES string of the molecule is Cc1ccc(-c2cccc(P(=O)(c3ccccc3)c3cccc4c3CCCC4)c2)nc1. The molecule has 1 unspecified atom stereocenters. The van der Waals surface area contributed by atoms with Crippen molar-refractivity contribution in [2.24, 2.45) is 0 Å². The van der Waals surface area contributed by atoms with Crippen molar-refractivity contribution in [1.82, 2.24) is 4.98 Å². The van der Waals surface area contributed by atoms with E-state index in [1.807, 2.05) is 61.7 Å². The number of fused-ring (bicyclic) bond motifs is 1. The number of aryl methyl sites for hydroxylation is 2. The van der Waals surface area contributed by atoms with E-state index in [0.717, 1.165) is 52.0 Å². The summed E-state index contributed by atoms with van der Waals surface area (Å²) >= 11 is 0. The molecule has 0 aliphatic heterocycles. The Bertz CT molecular complexity index is 1260. The van der Waals surface area contributed by atoms with E-state index in [1.165, 1.54) is 17.5 Å². The first kappa shape index (κ1) is 20.0. The van der Waals surface area contributed by atoms with Gasteiger partial charge in [0.2, 0.25) is 0 Å². The van der Waals surface area contributed by atoms with Crippen molar-refractivity contribution >= 4 is 23.1 Å². The average Bonchev–Trinajstić information content (AvgIpc) is 2.84. The molecule has 2 nitrogen and oxygen atoms in total. The van der Waals surface area contributed by atoms with E-state index in [4.69, 9.17) is 0 Å². The highest BCUT2D eigenvalue weighted by Crippen LogP contribution is 2.45. The molecular weight excluding hydrogens is 397 g/mol. The Kier molecular flexibility index (Phi) is 5.34. The van der Waals surface area contributed by atoms with Gasteiger partial charge in [-0.2, -0.15) is 0 Å². The largest absolute Gasteiger partial charge is 0.309 e. The van der Waals surface area contributed by atoms with E-state index in [2.05, 4.69) is 41.4 Å². The Hall–Kier alpha value is -2.96. The minimum Gasteiger partial charge on any atom is -0.309 e. The van der Waals surface area contributed by atoms with Gasteiger partial charge in [-0.05, 0) is 61.4 Å². The lowest BCUT2D eigenvalue weighted by molar-refractivity contribution is 0.592. The molecule has 0 fully saturated rings.